The standard InChI is InChI=1S/C18H23N5O2/c1-4-22-16-12-20-23(18(16)13(2)21-22)10-9-17(24)19-11-14-5-7-15(25-3)8-6-14/h5-8,12H,4,9-11H2,1-3H3,(H,19,24). The molecule has 0 aliphatic carbocycles. The molecule has 0 radical (unpaired) electrons. The summed E-state index contributed by atoms with van der Waals surface area (Å²) in [5, 5.41) is 11.8. The zero-order valence-electron chi connectivity index (χ0n) is 14.8. The van der Waals surface area contributed by atoms with E-state index in [9.17, 15) is 4.79 Å². The molecule has 25 heavy (non-hydrogen) atoms. The van der Waals surface area contributed by atoms with Crippen LogP contribution in [0.25, 0.3) is 11.0 Å². The van der Waals surface area contributed by atoms with E-state index in [0.717, 1.165) is 34.6 Å². The molecule has 0 saturated carbocycles. The summed E-state index contributed by atoms with van der Waals surface area (Å²) in [5.41, 5.74) is 3.99. The Morgan fingerprint density at radius 1 is 1.24 bits per heavy atom. The van der Waals surface area contributed by atoms with E-state index in [1.807, 2.05) is 46.7 Å². The van der Waals surface area contributed by atoms with Gasteiger partial charge in [-0.25, -0.2) is 0 Å². The average Bonchev–Trinajstić information content (AvgIpc) is 3.19. The Bertz CT molecular complexity index is 864. The van der Waals surface area contributed by atoms with Crippen LogP contribution >= 0.6 is 0 Å². The molecule has 0 atom stereocenters. The van der Waals surface area contributed by atoms with Gasteiger partial charge in [-0.3, -0.25) is 14.2 Å². The number of nitrogens with zero attached hydrogens (tertiary/aromatic N) is 4. The van der Waals surface area contributed by atoms with Crippen LogP contribution in [0.1, 0.15) is 24.6 Å². The first-order chi connectivity index (χ1) is 12.1. The van der Waals surface area contributed by atoms with Crippen LogP contribution in [0.2, 0.25) is 0 Å². The zero-order chi connectivity index (χ0) is 17.8. The van der Waals surface area contributed by atoms with Crippen LogP contribution in [0.3, 0.4) is 0 Å². The highest BCUT2D eigenvalue weighted by Crippen LogP contribution is 2.18. The molecule has 2 heterocycles. The number of ether oxygens (including phenoxy) is 1. The molecule has 1 amide bonds. The fourth-order valence-corrected chi connectivity index (χ4v) is 2.87. The molecule has 7 nitrogen and oxygen atoms in total. The molecule has 0 bridgehead atoms. The van der Waals surface area contributed by atoms with Crippen molar-refractivity contribution in [1.29, 1.82) is 0 Å². The molecule has 1 aromatic carbocycles. The molecule has 3 rings (SSSR count). The van der Waals surface area contributed by atoms with Gasteiger partial charge in [-0.05, 0) is 31.5 Å². The molecule has 0 unspecified atom stereocenters. The lowest BCUT2D eigenvalue weighted by Crippen LogP contribution is -2.24. The minimum Gasteiger partial charge on any atom is -0.497 e. The maximum absolute atomic E-state index is 12.1. The van der Waals surface area contributed by atoms with E-state index in [4.69, 9.17) is 4.74 Å². The third-order valence-corrected chi connectivity index (χ3v) is 4.21. The number of rotatable bonds is 7. The SMILES string of the molecule is CCn1nc(C)c2c1cnn2CCC(=O)NCc1ccc(OC)cc1. The molecule has 0 saturated heterocycles. The zero-order valence-corrected chi connectivity index (χ0v) is 14.8. The summed E-state index contributed by atoms with van der Waals surface area (Å²) in [6.07, 6.45) is 2.19. The second kappa shape index (κ2) is 7.38. The van der Waals surface area contributed by atoms with Gasteiger partial charge in [0.15, 0.2) is 0 Å². The van der Waals surface area contributed by atoms with Crippen molar-refractivity contribution in [3.05, 3.63) is 41.7 Å². The molecular weight excluding hydrogens is 318 g/mol. The number of aromatic nitrogens is 4. The van der Waals surface area contributed by atoms with Gasteiger partial charge in [0, 0.05) is 19.5 Å². The number of carbonyl (C=O) groups is 1. The highest BCUT2D eigenvalue weighted by atomic mass is 16.5. The van der Waals surface area contributed by atoms with Crippen molar-refractivity contribution in [3.63, 3.8) is 0 Å². The Morgan fingerprint density at radius 3 is 2.68 bits per heavy atom. The predicted molar refractivity (Wildman–Crippen MR) is 95.4 cm³/mol. The molecule has 0 aliphatic rings. The quantitative estimate of drug-likeness (QED) is 0.715. The lowest BCUT2D eigenvalue weighted by molar-refractivity contribution is -0.121. The Hall–Kier alpha value is -2.83. The van der Waals surface area contributed by atoms with E-state index in [-0.39, 0.29) is 5.91 Å². The minimum atomic E-state index is 0.00000415. The van der Waals surface area contributed by atoms with Crippen molar-refractivity contribution in [3.8, 4) is 5.75 Å². The number of aryl methyl sites for hydroxylation is 3. The monoisotopic (exact) mass is 341 g/mol. The summed E-state index contributed by atoms with van der Waals surface area (Å²) in [7, 11) is 1.63. The number of hydrogen-bond donors (Lipinski definition) is 1. The molecule has 1 N–H and O–H groups in total. The van der Waals surface area contributed by atoms with Gasteiger partial charge in [0.05, 0.1) is 25.5 Å². The van der Waals surface area contributed by atoms with E-state index in [0.29, 0.717) is 19.5 Å². The Morgan fingerprint density at radius 2 is 2.00 bits per heavy atom. The van der Waals surface area contributed by atoms with Crippen molar-refractivity contribution in [1.82, 2.24) is 24.9 Å². The summed E-state index contributed by atoms with van der Waals surface area (Å²) in [6, 6.07) is 7.66. The summed E-state index contributed by atoms with van der Waals surface area (Å²) in [4.78, 5) is 12.1. The second-order valence-corrected chi connectivity index (χ2v) is 5.88. The molecule has 2 aromatic heterocycles. The van der Waals surface area contributed by atoms with E-state index >= 15 is 0 Å². The number of nitrogens with one attached hydrogen (secondary N) is 1. The largest absolute Gasteiger partial charge is 0.497 e. The van der Waals surface area contributed by atoms with Crippen LogP contribution in [0.15, 0.2) is 30.5 Å². The van der Waals surface area contributed by atoms with Crippen molar-refractivity contribution in [2.24, 2.45) is 0 Å². The number of hydrogen-bond acceptors (Lipinski definition) is 4. The van der Waals surface area contributed by atoms with Crippen LogP contribution in [-0.4, -0.2) is 32.6 Å². The molecule has 0 fully saturated rings. The van der Waals surface area contributed by atoms with Crippen molar-refractivity contribution in [2.45, 2.75) is 39.9 Å². The van der Waals surface area contributed by atoms with Crippen LogP contribution in [-0.2, 0) is 24.4 Å². The van der Waals surface area contributed by atoms with Gasteiger partial charge in [0.25, 0.3) is 0 Å². The van der Waals surface area contributed by atoms with Crippen LogP contribution in [0, 0.1) is 6.92 Å². The van der Waals surface area contributed by atoms with E-state index in [1.165, 1.54) is 0 Å². The van der Waals surface area contributed by atoms with Gasteiger partial charge < -0.3 is 10.1 Å². The highest BCUT2D eigenvalue weighted by molar-refractivity contribution is 5.78. The van der Waals surface area contributed by atoms with Gasteiger partial charge in [-0.2, -0.15) is 10.2 Å². The summed E-state index contributed by atoms with van der Waals surface area (Å²) < 4.78 is 8.91. The van der Waals surface area contributed by atoms with Crippen molar-refractivity contribution < 1.29 is 9.53 Å². The molecule has 0 aliphatic heterocycles. The van der Waals surface area contributed by atoms with Gasteiger partial charge in [-0.1, -0.05) is 12.1 Å². The maximum atomic E-state index is 12.1. The summed E-state index contributed by atoms with van der Waals surface area (Å²) in [6.45, 7) is 5.86. The third kappa shape index (κ3) is 3.65. The summed E-state index contributed by atoms with van der Waals surface area (Å²) >= 11 is 0. The van der Waals surface area contributed by atoms with Crippen LogP contribution in [0.4, 0.5) is 0 Å². The van der Waals surface area contributed by atoms with Crippen LogP contribution < -0.4 is 10.1 Å². The lowest BCUT2D eigenvalue weighted by atomic mass is 10.2. The minimum absolute atomic E-state index is 0.00000415. The maximum Gasteiger partial charge on any atom is 0.222 e. The van der Waals surface area contributed by atoms with Gasteiger partial charge in [0.2, 0.25) is 5.91 Å². The first kappa shape index (κ1) is 17.0. The van der Waals surface area contributed by atoms with Gasteiger partial charge in [0.1, 0.15) is 16.8 Å². The Labute approximate surface area is 146 Å². The van der Waals surface area contributed by atoms with Gasteiger partial charge >= 0.3 is 0 Å². The van der Waals surface area contributed by atoms with Gasteiger partial charge in [-0.15, -0.1) is 0 Å². The van der Waals surface area contributed by atoms with E-state index < -0.39 is 0 Å². The average molecular weight is 341 g/mol. The predicted octanol–water partition coefficient (Wildman–Crippen LogP) is 2.28. The first-order valence-electron chi connectivity index (χ1n) is 8.41. The fraction of sp³-hybridized carbons (Fsp3) is 0.389. The lowest BCUT2D eigenvalue weighted by Gasteiger charge is -2.07. The molecule has 7 heteroatoms. The molecule has 3 aromatic rings. The number of benzene rings is 1. The number of methoxy groups -OCH3 is 1. The third-order valence-electron chi connectivity index (χ3n) is 4.21. The topological polar surface area (TPSA) is 74.0 Å². The number of amides is 1. The van der Waals surface area contributed by atoms with Crippen molar-refractivity contribution >= 4 is 16.9 Å². The number of carbonyl (C=O) groups excluding carboxylic acids is 1. The number of fused-ring (bicyclic) bond motifs is 1. The van der Waals surface area contributed by atoms with Crippen LogP contribution in [0.5, 0.6) is 5.75 Å². The smallest absolute Gasteiger partial charge is 0.222 e. The molecule has 0 spiro atoms. The molecular formula is C18H23N5O2. The normalized spacial score (nSPS) is 11.0. The fourth-order valence-electron chi connectivity index (χ4n) is 2.87. The summed E-state index contributed by atoms with van der Waals surface area (Å²) in [5.74, 6) is 0.806. The first-order valence-corrected chi connectivity index (χ1v) is 8.41. The van der Waals surface area contributed by atoms with Crippen molar-refractivity contribution in [2.75, 3.05) is 7.11 Å². The Balaban J connectivity index is 1.56. The highest BCUT2D eigenvalue weighted by Gasteiger charge is 2.13. The second-order valence-electron chi connectivity index (χ2n) is 5.88. The van der Waals surface area contributed by atoms with E-state index in [1.54, 1.807) is 7.11 Å². The molecule has 132 valence electrons. The Kier molecular flexibility index (Phi) is 5.02. The van der Waals surface area contributed by atoms with E-state index in [2.05, 4.69) is 22.4 Å².